The highest BCUT2D eigenvalue weighted by Crippen LogP contribution is 2.18. The molecule has 0 fully saturated rings. The highest BCUT2D eigenvalue weighted by molar-refractivity contribution is 6.18. The highest BCUT2D eigenvalue weighted by Gasteiger charge is 2.00. The second kappa shape index (κ2) is 5.11. The molecule has 0 amide bonds. The Morgan fingerprint density at radius 1 is 1.00 bits per heavy atom. The van der Waals surface area contributed by atoms with Gasteiger partial charge in [0.2, 0.25) is 0 Å². The monoisotopic (exact) mass is 212 g/mol. The van der Waals surface area contributed by atoms with Crippen molar-refractivity contribution in [3.63, 3.8) is 0 Å². The SMILES string of the molecule is CN(C)c1ccc(N(C)CCCl)cc1. The van der Waals surface area contributed by atoms with E-state index in [4.69, 9.17) is 11.6 Å². The van der Waals surface area contributed by atoms with Crippen molar-refractivity contribution in [1.29, 1.82) is 0 Å². The number of hydrogen-bond acceptors (Lipinski definition) is 2. The third-order valence-electron chi connectivity index (χ3n) is 2.23. The summed E-state index contributed by atoms with van der Waals surface area (Å²) in [6.45, 7) is 0.878. The van der Waals surface area contributed by atoms with Gasteiger partial charge in [0.1, 0.15) is 0 Å². The van der Waals surface area contributed by atoms with Crippen LogP contribution in [0.1, 0.15) is 0 Å². The van der Waals surface area contributed by atoms with Crippen LogP contribution in [0.4, 0.5) is 11.4 Å². The first-order valence-electron chi connectivity index (χ1n) is 4.69. The smallest absolute Gasteiger partial charge is 0.0399 e. The topological polar surface area (TPSA) is 6.48 Å². The predicted molar refractivity (Wildman–Crippen MR) is 64.8 cm³/mol. The second-order valence-corrected chi connectivity index (χ2v) is 3.90. The number of nitrogens with zero attached hydrogens (tertiary/aromatic N) is 2. The molecule has 3 heteroatoms. The Kier molecular flexibility index (Phi) is 4.08. The summed E-state index contributed by atoms with van der Waals surface area (Å²) in [6, 6.07) is 8.45. The number of hydrogen-bond donors (Lipinski definition) is 0. The zero-order valence-corrected chi connectivity index (χ0v) is 9.75. The molecular weight excluding hydrogens is 196 g/mol. The third-order valence-corrected chi connectivity index (χ3v) is 2.40. The quantitative estimate of drug-likeness (QED) is 0.708. The lowest BCUT2D eigenvalue weighted by atomic mass is 10.2. The Balaban J connectivity index is 2.72. The molecule has 0 aliphatic heterocycles. The first kappa shape index (κ1) is 11.2. The van der Waals surface area contributed by atoms with Crippen molar-refractivity contribution in [2.24, 2.45) is 0 Å². The number of anilines is 2. The Morgan fingerprint density at radius 2 is 1.50 bits per heavy atom. The van der Waals surface area contributed by atoms with E-state index < -0.39 is 0 Å². The standard InChI is InChI=1S/C11H17ClN2/c1-13(2)10-4-6-11(7-5-10)14(3)9-8-12/h4-7H,8-9H2,1-3H3. The van der Waals surface area contributed by atoms with Crippen LogP contribution in [-0.2, 0) is 0 Å². The summed E-state index contributed by atoms with van der Waals surface area (Å²) >= 11 is 5.68. The van der Waals surface area contributed by atoms with Crippen molar-refractivity contribution in [1.82, 2.24) is 0 Å². The average Bonchev–Trinajstić information content (AvgIpc) is 2.18. The molecule has 1 aromatic rings. The lowest BCUT2D eigenvalue weighted by Gasteiger charge is -2.19. The fourth-order valence-corrected chi connectivity index (χ4v) is 1.51. The first-order valence-corrected chi connectivity index (χ1v) is 5.23. The van der Waals surface area contributed by atoms with Crippen LogP contribution < -0.4 is 9.80 Å². The van der Waals surface area contributed by atoms with Crippen LogP contribution in [-0.4, -0.2) is 33.6 Å². The summed E-state index contributed by atoms with van der Waals surface area (Å²) in [6.07, 6.45) is 0. The average molecular weight is 213 g/mol. The van der Waals surface area contributed by atoms with Crippen molar-refractivity contribution >= 4 is 23.0 Å². The Hall–Kier alpha value is -0.890. The highest BCUT2D eigenvalue weighted by atomic mass is 35.5. The molecule has 1 rings (SSSR count). The second-order valence-electron chi connectivity index (χ2n) is 3.52. The van der Waals surface area contributed by atoms with E-state index in [1.54, 1.807) is 0 Å². The van der Waals surface area contributed by atoms with Crippen molar-refractivity contribution in [3.8, 4) is 0 Å². The maximum atomic E-state index is 5.68. The summed E-state index contributed by atoms with van der Waals surface area (Å²) < 4.78 is 0. The molecular formula is C11H17ClN2. The summed E-state index contributed by atoms with van der Waals surface area (Å²) in [5.74, 6) is 0.659. The molecule has 0 unspecified atom stereocenters. The van der Waals surface area contributed by atoms with E-state index in [0.29, 0.717) is 5.88 Å². The van der Waals surface area contributed by atoms with Crippen LogP contribution in [0.3, 0.4) is 0 Å². The molecule has 0 bridgehead atoms. The molecule has 0 radical (unpaired) electrons. The first-order chi connectivity index (χ1) is 6.65. The largest absolute Gasteiger partial charge is 0.378 e. The predicted octanol–water partition coefficient (Wildman–Crippen LogP) is 2.43. The molecule has 1 aromatic carbocycles. The van der Waals surface area contributed by atoms with E-state index in [1.807, 2.05) is 21.1 Å². The van der Waals surface area contributed by atoms with Crippen LogP contribution >= 0.6 is 11.6 Å². The molecule has 0 aromatic heterocycles. The van der Waals surface area contributed by atoms with E-state index in [0.717, 1.165) is 6.54 Å². The van der Waals surface area contributed by atoms with Crippen molar-refractivity contribution < 1.29 is 0 Å². The molecule has 0 N–H and O–H groups in total. The zero-order valence-electron chi connectivity index (χ0n) is 9.00. The van der Waals surface area contributed by atoms with E-state index in [2.05, 4.69) is 34.1 Å². The molecule has 78 valence electrons. The fraction of sp³-hybridized carbons (Fsp3) is 0.455. The van der Waals surface area contributed by atoms with E-state index in [1.165, 1.54) is 11.4 Å². The van der Waals surface area contributed by atoms with Gasteiger partial charge in [0.05, 0.1) is 0 Å². The molecule has 0 aliphatic rings. The van der Waals surface area contributed by atoms with Gasteiger partial charge in [-0.15, -0.1) is 11.6 Å². The van der Waals surface area contributed by atoms with Gasteiger partial charge in [-0.25, -0.2) is 0 Å². The Bertz CT molecular complexity index is 269. The van der Waals surface area contributed by atoms with Crippen molar-refractivity contribution in [2.75, 3.05) is 43.4 Å². The molecule has 0 atom stereocenters. The van der Waals surface area contributed by atoms with Crippen molar-refractivity contribution in [3.05, 3.63) is 24.3 Å². The van der Waals surface area contributed by atoms with Gasteiger partial charge in [0.25, 0.3) is 0 Å². The summed E-state index contributed by atoms with van der Waals surface area (Å²) in [7, 11) is 6.13. The van der Waals surface area contributed by atoms with E-state index >= 15 is 0 Å². The summed E-state index contributed by atoms with van der Waals surface area (Å²) in [5.41, 5.74) is 2.42. The number of alkyl halides is 1. The van der Waals surface area contributed by atoms with Crippen LogP contribution in [0.5, 0.6) is 0 Å². The molecule has 0 saturated carbocycles. The molecule has 0 saturated heterocycles. The molecule has 0 heterocycles. The van der Waals surface area contributed by atoms with Crippen LogP contribution in [0.2, 0.25) is 0 Å². The molecule has 0 spiro atoms. The van der Waals surface area contributed by atoms with Gasteiger partial charge in [0, 0.05) is 44.9 Å². The minimum absolute atomic E-state index is 0.659. The van der Waals surface area contributed by atoms with Crippen molar-refractivity contribution in [2.45, 2.75) is 0 Å². The maximum Gasteiger partial charge on any atom is 0.0399 e. The lowest BCUT2D eigenvalue weighted by molar-refractivity contribution is 0.973. The van der Waals surface area contributed by atoms with Gasteiger partial charge >= 0.3 is 0 Å². The van der Waals surface area contributed by atoms with Gasteiger partial charge in [-0.1, -0.05) is 0 Å². The van der Waals surface area contributed by atoms with Gasteiger partial charge < -0.3 is 9.80 Å². The Labute approximate surface area is 91.1 Å². The number of benzene rings is 1. The van der Waals surface area contributed by atoms with Crippen LogP contribution in [0.15, 0.2) is 24.3 Å². The van der Waals surface area contributed by atoms with E-state index in [9.17, 15) is 0 Å². The van der Waals surface area contributed by atoms with Gasteiger partial charge in [-0.05, 0) is 24.3 Å². The number of halogens is 1. The minimum atomic E-state index is 0.659. The van der Waals surface area contributed by atoms with Gasteiger partial charge in [-0.2, -0.15) is 0 Å². The summed E-state index contributed by atoms with van der Waals surface area (Å²) in [4.78, 5) is 4.23. The minimum Gasteiger partial charge on any atom is -0.378 e. The number of rotatable bonds is 4. The third kappa shape index (κ3) is 2.81. The molecule has 14 heavy (non-hydrogen) atoms. The lowest BCUT2D eigenvalue weighted by Crippen LogP contribution is -2.19. The van der Waals surface area contributed by atoms with Gasteiger partial charge in [0.15, 0.2) is 0 Å². The zero-order chi connectivity index (χ0) is 10.6. The molecule has 0 aliphatic carbocycles. The van der Waals surface area contributed by atoms with Crippen LogP contribution in [0, 0.1) is 0 Å². The summed E-state index contributed by atoms with van der Waals surface area (Å²) in [5, 5.41) is 0. The molecule has 2 nitrogen and oxygen atoms in total. The fourth-order valence-electron chi connectivity index (χ4n) is 1.26. The Morgan fingerprint density at radius 3 is 1.93 bits per heavy atom. The van der Waals surface area contributed by atoms with Crippen LogP contribution in [0.25, 0.3) is 0 Å². The normalized spacial score (nSPS) is 10.0. The van der Waals surface area contributed by atoms with E-state index in [-0.39, 0.29) is 0 Å². The van der Waals surface area contributed by atoms with Gasteiger partial charge in [-0.3, -0.25) is 0 Å². The maximum absolute atomic E-state index is 5.68.